The third-order valence-electron chi connectivity index (χ3n) is 3.13. The molecule has 0 radical (unpaired) electrons. The number of carbonyl (C=O) groups excluding carboxylic acids is 1. The molecular weight excluding hydrogens is 288 g/mol. The smallest absolute Gasteiger partial charge is 0.255 e. The number of hydrogen-bond acceptors (Lipinski definition) is 5. The second-order valence-electron chi connectivity index (χ2n) is 4.76. The van der Waals surface area contributed by atoms with E-state index >= 15 is 0 Å². The number of nitrogens with zero attached hydrogens (tertiary/aromatic N) is 1. The van der Waals surface area contributed by atoms with Gasteiger partial charge in [0.1, 0.15) is 11.5 Å². The van der Waals surface area contributed by atoms with Crippen LogP contribution in [0, 0.1) is 13.8 Å². The van der Waals surface area contributed by atoms with E-state index in [1.54, 1.807) is 17.4 Å². The van der Waals surface area contributed by atoms with E-state index in [1.165, 1.54) is 19.2 Å². The highest BCUT2D eigenvalue weighted by Gasteiger charge is 2.18. The largest absolute Gasteiger partial charge is 0.507 e. The Kier molecular flexibility index (Phi) is 4.47. The minimum Gasteiger partial charge on any atom is -0.507 e. The number of nitrogens with one attached hydrogen (secondary N) is 1. The van der Waals surface area contributed by atoms with Crippen LogP contribution in [0.25, 0.3) is 0 Å². The maximum atomic E-state index is 12.3. The van der Waals surface area contributed by atoms with Gasteiger partial charge >= 0.3 is 0 Å². The Bertz CT molecular complexity index is 667. The van der Waals surface area contributed by atoms with Crippen molar-refractivity contribution < 1.29 is 14.6 Å². The van der Waals surface area contributed by atoms with Gasteiger partial charge < -0.3 is 15.2 Å². The molecular formula is C15H18N2O3S. The van der Waals surface area contributed by atoms with Crippen molar-refractivity contribution in [2.45, 2.75) is 26.8 Å². The summed E-state index contributed by atoms with van der Waals surface area (Å²) in [4.78, 5) is 17.7. The lowest BCUT2D eigenvalue weighted by molar-refractivity contribution is 0.0937. The molecule has 0 saturated heterocycles. The zero-order chi connectivity index (χ0) is 15.6. The van der Waals surface area contributed by atoms with Crippen LogP contribution in [0.1, 0.15) is 38.9 Å². The molecule has 0 bridgehead atoms. The summed E-state index contributed by atoms with van der Waals surface area (Å²) in [6.45, 7) is 5.75. The van der Waals surface area contributed by atoms with Gasteiger partial charge in [-0.2, -0.15) is 0 Å². The van der Waals surface area contributed by atoms with E-state index in [1.807, 2.05) is 20.8 Å². The molecule has 0 spiro atoms. The normalized spacial score (nSPS) is 12.0. The van der Waals surface area contributed by atoms with Crippen molar-refractivity contribution in [2.24, 2.45) is 0 Å². The number of aromatic nitrogens is 1. The first-order chi connectivity index (χ1) is 9.92. The minimum atomic E-state index is -0.343. The molecule has 0 aliphatic carbocycles. The lowest BCUT2D eigenvalue weighted by Crippen LogP contribution is -2.26. The molecule has 112 valence electrons. The van der Waals surface area contributed by atoms with Gasteiger partial charge in [-0.3, -0.25) is 4.79 Å². The number of aryl methyl sites for hydroxylation is 2. The summed E-state index contributed by atoms with van der Waals surface area (Å²) in [7, 11) is 1.51. The first-order valence-corrected chi connectivity index (χ1v) is 7.35. The van der Waals surface area contributed by atoms with Crippen LogP contribution < -0.4 is 10.1 Å². The quantitative estimate of drug-likeness (QED) is 0.911. The molecule has 0 aliphatic heterocycles. The number of thiazole rings is 1. The van der Waals surface area contributed by atoms with Gasteiger partial charge in [-0.15, -0.1) is 11.3 Å². The zero-order valence-corrected chi connectivity index (χ0v) is 13.2. The first-order valence-electron chi connectivity index (χ1n) is 6.54. The van der Waals surface area contributed by atoms with Gasteiger partial charge in [-0.05, 0) is 39.0 Å². The monoisotopic (exact) mass is 306 g/mol. The summed E-state index contributed by atoms with van der Waals surface area (Å²) in [6.07, 6.45) is 0. The first kappa shape index (κ1) is 15.3. The summed E-state index contributed by atoms with van der Waals surface area (Å²) < 4.78 is 5.07. The predicted molar refractivity (Wildman–Crippen MR) is 82.1 cm³/mol. The number of benzene rings is 1. The number of rotatable bonds is 4. The number of phenols is 1. The molecule has 2 aromatic rings. The number of phenolic OH excluding ortho intramolecular Hbond substituents is 1. The van der Waals surface area contributed by atoms with Crippen LogP contribution in [0.3, 0.4) is 0 Å². The van der Waals surface area contributed by atoms with Crippen molar-refractivity contribution >= 4 is 17.2 Å². The fraction of sp³-hybridized carbons (Fsp3) is 0.333. The highest BCUT2D eigenvalue weighted by atomic mass is 32.1. The van der Waals surface area contributed by atoms with E-state index < -0.39 is 0 Å². The number of carbonyl (C=O) groups is 1. The number of ether oxygens (including phenoxy) is 1. The van der Waals surface area contributed by atoms with Crippen LogP contribution in [0.4, 0.5) is 0 Å². The van der Waals surface area contributed by atoms with Gasteiger partial charge in [0.25, 0.3) is 5.91 Å². The SMILES string of the molecule is COc1ccc(O)c(C(=O)NC(C)c2sc(C)nc2C)c1. The second-order valence-corrected chi connectivity index (χ2v) is 6.00. The Hall–Kier alpha value is -2.08. The van der Waals surface area contributed by atoms with Crippen molar-refractivity contribution in [1.82, 2.24) is 10.3 Å². The van der Waals surface area contributed by atoms with Crippen molar-refractivity contribution in [1.29, 1.82) is 0 Å². The number of aromatic hydroxyl groups is 1. The van der Waals surface area contributed by atoms with Gasteiger partial charge in [-0.1, -0.05) is 0 Å². The van der Waals surface area contributed by atoms with Gasteiger partial charge in [0.15, 0.2) is 0 Å². The van der Waals surface area contributed by atoms with Crippen molar-refractivity contribution in [3.63, 3.8) is 0 Å². The highest BCUT2D eigenvalue weighted by molar-refractivity contribution is 7.11. The summed E-state index contributed by atoms with van der Waals surface area (Å²) in [5.41, 5.74) is 1.11. The van der Waals surface area contributed by atoms with Crippen molar-refractivity contribution in [3.8, 4) is 11.5 Å². The molecule has 2 N–H and O–H groups in total. The molecule has 2 rings (SSSR count). The Labute approximate surface area is 127 Å². The van der Waals surface area contributed by atoms with Crippen molar-refractivity contribution in [3.05, 3.63) is 39.3 Å². The molecule has 0 fully saturated rings. The van der Waals surface area contributed by atoms with Crippen molar-refractivity contribution in [2.75, 3.05) is 7.11 Å². The third-order valence-corrected chi connectivity index (χ3v) is 4.38. The Morgan fingerprint density at radius 1 is 1.43 bits per heavy atom. The third kappa shape index (κ3) is 3.33. The van der Waals surface area contributed by atoms with E-state index in [2.05, 4.69) is 10.3 Å². The van der Waals surface area contributed by atoms with E-state index in [0.29, 0.717) is 5.75 Å². The van der Waals surface area contributed by atoms with Crippen LogP contribution >= 0.6 is 11.3 Å². The molecule has 1 atom stereocenters. The van der Waals surface area contributed by atoms with Crippen LogP contribution in [-0.2, 0) is 0 Å². The minimum absolute atomic E-state index is 0.0716. The average molecular weight is 306 g/mol. The fourth-order valence-corrected chi connectivity index (χ4v) is 3.04. The predicted octanol–water partition coefficient (Wildman–Crippen LogP) is 2.97. The molecule has 0 saturated carbocycles. The van der Waals surface area contributed by atoms with E-state index in [0.717, 1.165) is 15.6 Å². The number of hydrogen-bond donors (Lipinski definition) is 2. The molecule has 1 heterocycles. The Balaban J connectivity index is 2.20. The number of methoxy groups -OCH3 is 1. The van der Waals surface area contributed by atoms with Crippen LogP contribution in [0.5, 0.6) is 11.5 Å². The highest BCUT2D eigenvalue weighted by Crippen LogP contribution is 2.27. The lowest BCUT2D eigenvalue weighted by Gasteiger charge is -2.14. The Morgan fingerprint density at radius 3 is 2.71 bits per heavy atom. The molecule has 21 heavy (non-hydrogen) atoms. The summed E-state index contributed by atoms with van der Waals surface area (Å²) in [5.74, 6) is 0.109. The summed E-state index contributed by atoms with van der Waals surface area (Å²) in [6, 6.07) is 4.39. The maximum Gasteiger partial charge on any atom is 0.255 e. The molecule has 1 aromatic carbocycles. The fourth-order valence-electron chi connectivity index (χ4n) is 2.11. The molecule has 0 aliphatic rings. The van der Waals surface area contributed by atoms with Gasteiger partial charge in [0.05, 0.1) is 29.4 Å². The lowest BCUT2D eigenvalue weighted by atomic mass is 10.1. The van der Waals surface area contributed by atoms with E-state index in [-0.39, 0.29) is 23.3 Å². The zero-order valence-electron chi connectivity index (χ0n) is 12.4. The molecule has 6 heteroatoms. The summed E-state index contributed by atoms with van der Waals surface area (Å²) >= 11 is 1.56. The van der Waals surface area contributed by atoms with E-state index in [4.69, 9.17) is 4.74 Å². The van der Waals surface area contributed by atoms with Gasteiger partial charge in [-0.25, -0.2) is 4.98 Å². The maximum absolute atomic E-state index is 12.3. The van der Waals surface area contributed by atoms with E-state index in [9.17, 15) is 9.90 Å². The van der Waals surface area contributed by atoms with Crippen LogP contribution in [0.15, 0.2) is 18.2 Å². The number of amides is 1. The van der Waals surface area contributed by atoms with Crippen LogP contribution in [0.2, 0.25) is 0 Å². The van der Waals surface area contributed by atoms with Crippen LogP contribution in [-0.4, -0.2) is 23.1 Å². The summed E-state index contributed by atoms with van der Waals surface area (Å²) in [5, 5.41) is 13.7. The van der Waals surface area contributed by atoms with Gasteiger partial charge in [0, 0.05) is 4.88 Å². The van der Waals surface area contributed by atoms with Gasteiger partial charge in [0.2, 0.25) is 0 Å². The molecule has 1 unspecified atom stereocenters. The standard InChI is InChI=1S/C15H18N2O3S/c1-8-14(21-10(3)16-8)9(2)17-15(19)12-7-11(20-4)5-6-13(12)18/h5-7,9,18H,1-4H3,(H,17,19). The second kappa shape index (κ2) is 6.13. The molecule has 5 nitrogen and oxygen atoms in total. The average Bonchev–Trinajstić information content (AvgIpc) is 2.78. The topological polar surface area (TPSA) is 71.5 Å². The molecule has 1 aromatic heterocycles. The molecule has 1 amide bonds. The Morgan fingerprint density at radius 2 is 2.14 bits per heavy atom.